The number of ketones is 1. The Hall–Kier alpha value is -2.42. The van der Waals surface area contributed by atoms with Gasteiger partial charge in [-0.2, -0.15) is 15.5 Å². The van der Waals surface area contributed by atoms with Gasteiger partial charge in [-0.25, -0.2) is 0 Å². The Bertz CT molecular complexity index is 629. The number of nitrogens with zero attached hydrogens (tertiary/aromatic N) is 5. The van der Waals surface area contributed by atoms with Gasteiger partial charge in [-0.15, -0.1) is 0 Å². The minimum atomic E-state index is -0.215. The summed E-state index contributed by atoms with van der Waals surface area (Å²) in [6, 6.07) is 3.45. The summed E-state index contributed by atoms with van der Waals surface area (Å²) in [5.74, 6) is -0.215. The van der Waals surface area contributed by atoms with Crippen molar-refractivity contribution in [1.82, 2.24) is 19.6 Å². The smallest absolute Gasteiger partial charge is 0.216 e. The molecule has 0 unspecified atom stereocenters. The van der Waals surface area contributed by atoms with Gasteiger partial charge < -0.3 is 0 Å². The summed E-state index contributed by atoms with van der Waals surface area (Å²) in [5.41, 5.74) is 1.78. The van der Waals surface area contributed by atoms with Crippen LogP contribution in [0.25, 0.3) is 0 Å². The number of nitriles is 1. The zero-order valence-electron chi connectivity index (χ0n) is 9.80. The first kappa shape index (κ1) is 11.1. The van der Waals surface area contributed by atoms with E-state index in [1.165, 1.54) is 10.7 Å². The van der Waals surface area contributed by atoms with Crippen molar-refractivity contribution in [3.63, 3.8) is 0 Å². The van der Waals surface area contributed by atoms with Crippen LogP contribution in [0.3, 0.4) is 0 Å². The molecule has 0 saturated heterocycles. The second kappa shape index (κ2) is 3.87. The molecule has 86 valence electrons. The standard InChI is InChI=1S/C11H11N5O/c1-7-9(6-15(2)13-7)11(17)10-4-8(5-12)16(3)14-10/h4,6H,1-3H3. The van der Waals surface area contributed by atoms with Gasteiger partial charge in [-0.05, 0) is 6.92 Å². The van der Waals surface area contributed by atoms with E-state index in [4.69, 9.17) is 5.26 Å². The largest absolute Gasteiger partial charge is 0.287 e. The number of rotatable bonds is 2. The van der Waals surface area contributed by atoms with Gasteiger partial charge in [0.2, 0.25) is 5.78 Å². The highest BCUT2D eigenvalue weighted by molar-refractivity contribution is 6.08. The van der Waals surface area contributed by atoms with Crippen LogP contribution in [0.2, 0.25) is 0 Å². The molecule has 0 spiro atoms. The first-order chi connectivity index (χ1) is 8.02. The molecule has 0 bridgehead atoms. The highest BCUT2D eigenvalue weighted by Gasteiger charge is 2.18. The van der Waals surface area contributed by atoms with Gasteiger partial charge in [-0.1, -0.05) is 0 Å². The summed E-state index contributed by atoms with van der Waals surface area (Å²) in [6.45, 7) is 1.77. The Morgan fingerprint density at radius 3 is 2.59 bits per heavy atom. The van der Waals surface area contributed by atoms with Crippen LogP contribution < -0.4 is 0 Å². The van der Waals surface area contributed by atoms with Gasteiger partial charge in [0.05, 0.1) is 11.3 Å². The molecule has 6 heteroatoms. The van der Waals surface area contributed by atoms with Crippen LogP contribution in [0.4, 0.5) is 0 Å². The monoisotopic (exact) mass is 229 g/mol. The molecule has 0 saturated carbocycles. The maximum Gasteiger partial charge on any atom is 0.216 e. The number of aryl methyl sites for hydroxylation is 3. The SMILES string of the molecule is Cc1nn(C)cc1C(=O)c1cc(C#N)n(C)n1. The summed E-state index contributed by atoms with van der Waals surface area (Å²) < 4.78 is 2.97. The Kier molecular flexibility index (Phi) is 2.52. The zero-order valence-corrected chi connectivity index (χ0v) is 9.80. The molecular formula is C11H11N5O. The van der Waals surface area contributed by atoms with Gasteiger partial charge in [0.15, 0.2) is 0 Å². The van der Waals surface area contributed by atoms with Crippen LogP contribution in [0.1, 0.15) is 27.4 Å². The number of carbonyl (C=O) groups excluding carboxylic acids is 1. The van der Waals surface area contributed by atoms with Crippen molar-refractivity contribution >= 4 is 5.78 Å². The average molecular weight is 229 g/mol. The van der Waals surface area contributed by atoms with Crippen LogP contribution in [0.15, 0.2) is 12.3 Å². The lowest BCUT2D eigenvalue weighted by molar-refractivity contribution is 0.103. The summed E-state index contributed by atoms with van der Waals surface area (Å²) in [7, 11) is 3.38. The molecule has 0 amide bonds. The van der Waals surface area contributed by atoms with Crippen LogP contribution in [-0.2, 0) is 14.1 Å². The van der Waals surface area contributed by atoms with Crippen molar-refractivity contribution in [2.75, 3.05) is 0 Å². The lowest BCUT2D eigenvalue weighted by atomic mass is 10.1. The van der Waals surface area contributed by atoms with Crippen molar-refractivity contribution in [1.29, 1.82) is 5.26 Å². The number of aromatic nitrogens is 4. The van der Waals surface area contributed by atoms with E-state index in [0.717, 1.165) is 0 Å². The van der Waals surface area contributed by atoms with Gasteiger partial charge in [0, 0.05) is 26.4 Å². The molecule has 6 nitrogen and oxygen atoms in total. The Balaban J connectivity index is 2.44. The molecule has 0 atom stereocenters. The maximum absolute atomic E-state index is 12.1. The fourth-order valence-corrected chi connectivity index (χ4v) is 1.64. The van der Waals surface area contributed by atoms with Gasteiger partial charge in [0.1, 0.15) is 17.5 Å². The van der Waals surface area contributed by atoms with Gasteiger partial charge in [-0.3, -0.25) is 14.2 Å². The Labute approximate surface area is 98.1 Å². The van der Waals surface area contributed by atoms with Gasteiger partial charge in [0.25, 0.3) is 0 Å². The van der Waals surface area contributed by atoms with Crippen molar-refractivity contribution in [2.24, 2.45) is 14.1 Å². The summed E-state index contributed by atoms with van der Waals surface area (Å²) >= 11 is 0. The highest BCUT2D eigenvalue weighted by Crippen LogP contribution is 2.12. The second-order valence-corrected chi connectivity index (χ2v) is 3.78. The fourth-order valence-electron chi connectivity index (χ4n) is 1.64. The predicted octanol–water partition coefficient (Wildman–Crippen LogP) is 0.565. The van der Waals surface area contributed by atoms with Crippen LogP contribution in [0.5, 0.6) is 0 Å². The predicted molar refractivity (Wildman–Crippen MR) is 59.3 cm³/mol. The van der Waals surface area contributed by atoms with E-state index in [1.807, 2.05) is 6.07 Å². The van der Waals surface area contributed by atoms with E-state index >= 15 is 0 Å². The summed E-state index contributed by atoms with van der Waals surface area (Å²) in [4.78, 5) is 12.1. The molecule has 0 aliphatic heterocycles. The molecule has 0 fully saturated rings. The molecule has 0 aliphatic carbocycles. The van der Waals surface area contributed by atoms with Crippen LogP contribution in [0, 0.1) is 18.3 Å². The molecule has 0 N–H and O–H groups in total. The normalized spacial score (nSPS) is 10.2. The zero-order chi connectivity index (χ0) is 12.6. The number of carbonyl (C=O) groups is 1. The molecule has 2 aromatic rings. The maximum atomic E-state index is 12.1. The minimum absolute atomic E-state index is 0.215. The Morgan fingerprint density at radius 2 is 2.12 bits per heavy atom. The van der Waals surface area contributed by atoms with Crippen LogP contribution in [-0.4, -0.2) is 25.3 Å². The quantitative estimate of drug-likeness (QED) is 0.705. The second-order valence-electron chi connectivity index (χ2n) is 3.78. The highest BCUT2D eigenvalue weighted by atomic mass is 16.1. The van der Waals surface area contributed by atoms with Crippen molar-refractivity contribution in [2.45, 2.75) is 6.92 Å². The molecule has 0 radical (unpaired) electrons. The topological polar surface area (TPSA) is 76.5 Å². The molecule has 2 heterocycles. The van der Waals surface area contributed by atoms with Crippen molar-refractivity contribution in [3.8, 4) is 6.07 Å². The molecule has 17 heavy (non-hydrogen) atoms. The van der Waals surface area contributed by atoms with E-state index in [1.54, 1.807) is 31.9 Å². The van der Waals surface area contributed by atoms with Crippen molar-refractivity contribution < 1.29 is 4.79 Å². The summed E-state index contributed by atoms with van der Waals surface area (Å²) in [6.07, 6.45) is 1.65. The Morgan fingerprint density at radius 1 is 1.41 bits per heavy atom. The van der Waals surface area contributed by atoms with Gasteiger partial charge >= 0.3 is 0 Å². The number of hydrogen-bond donors (Lipinski definition) is 0. The van der Waals surface area contributed by atoms with Crippen LogP contribution >= 0.6 is 0 Å². The molecular weight excluding hydrogens is 218 g/mol. The third-order valence-electron chi connectivity index (χ3n) is 2.49. The third-order valence-corrected chi connectivity index (χ3v) is 2.49. The van der Waals surface area contributed by atoms with E-state index in [9.17, 15) is 4.79 Å². The van der Waals surface area contributed by atoms with Crippen molar-refractivity contribution in [3.05, 3.63) is 34.9 Å². The van der Waals surface area contributed by atoms with E-state index in [0.29, 0.717) is 17.0 Å². The molecule has 2 aromatic heterocycles. The average Bonchev–Trinajstić information content (AvgIpc) is 2.80. The molecule has 0 aromatic carbocycles. The first-order valence-corrected chi connectivity index (χ1v) is 5.02. The van der Waals surface area contributed by atoms with E-state index < -0.39 is 0 Å². The molecule has 2 rings (SSSR count). The number of hydrogen-bond acceptors (Lipinski definition) is 4. The van der Waals surface area contributed by atoms with E-state index in [2.05, 4.69) is 10.2 Å². The fraction of sp³-hybridized carbons (Fsp3) is 0.273. The minimum Gasteiger partial charge on any atom is -0.287 e. The summed E-state index contributed by atoms with van der Waals surface area (Å²) in [5, 5.41) is 16.9. The first-order valence-electron chi connectivity index (χ1n) is 5.02. The van der Waals surface area contributed by atoms with E-state index in [-0.39, 0.29) is 11.5 Å². The lowest BCUT2D eigenvalue weighted by Crippen LogP contribution is -2.04. The lowest BCUT2D eigenvalue weighted by Gasteiger charge is -1.93. The molecule has 0 aliphatic rings. The third kappa shape index (κ3) is 1.83.